The summed E-state index contributed by atoms with van der Waals surface area (Å²) >= 11 is 0. The number of nitrogens with zero attached hydrogens (tertiary/aromatic N) is 2. The molecule has 0 spiro atoms. The highest BCUT2D eigenvalue weighted by Gasteiger charge is 2.51. The summed E-state index contributed by atoms with van der Waals surface area (Å²) < 4.78 is 17.1. The second-order valence-electron chi connectivity index (χ2n) is 6.64. The van der Waals surface area contributed by atoms with Gasteiger partial charge in [-0.25, -0.2) is 4.98 Å². The van der Waals surface area contributed by atoms with Gasteiger partial charge in [0.15, 0.2) is 0 Å². The molecule has 1 aromatic heterocycles. The van der Waals surface area contributed by atoms with Crippen LogP contribution >= 0.6 is 0 Å². The van der Waals surface area contributed by atoms with Crippen LogP contribution in [0.2, 0.25) is 0 Å². The summed E-state index contributed by atoms with van der Waals surface area (Å²) in [5.74, 6) is 0.565. The standard InChI is InChI=1S/C15H21BN2O4/c1-14(2)15(3,4)22-16(21-14)11-5-6-12(17-9-11)18-7-8-20-10-13(18)19/h5-6,9H,7-8,10H2,1-4H3. The molecule has 0 aliphatic carbocycles. The van der Waals surface area contributed by atoms with Crippen LogP contribution in [0, 0.1) is 0 Å². The van der Waals surface area contributed by atoms with Crippen LogP contribution in [-0.2, 0) is 18.8 Å². The van der Waals surface area contributed by atoms with Gasteiger partial charge in [0, 0.05) is 11.7 Å². The number of amides is 1. The number of carbonyl (C=O) groups is 1. The summed E-state index contributed by atoms with van der Waals surface area (Å²) in [4.78, 5) is 17.8. The molecule has 0 aromatic carbocycles. The van der Waals surface area contributed by atoms with Crippen molar-refractivity contribution in [2.75, 3.05) is 24.7 Å². The zero-order chi connectivity index (χ0) is 16.0. The topological polar surface area (TPSA) is 60.9 Å². The average molecular weight is 304 g/mol. The fourth-order valence-corrected chi connectivity index (χ4v) is 2.44. The Morgan fingerprint density at radius 3 is 2.41 bits per heavy atom. The van der Waals surface area contributed by atoms with Gasteiger partial charge >= 0.3 is 7.12 Å². The van der Waals surface area contributed by atoms with Crippen LogP contribution in [0.25, 0.3) is 0 Å². The van der Waals surface area contributed by atoms with Gasteiger partial charge in [-0.05, 0) is 33.8 Å². The fraction of sp³-hybridized carbons (Fsp3) is 0.600. The van der Waals surface area contributed by atoms with E-state index >= 15 is 0 Å². The maximum atomic E-state index is 11.8. The van der Waals surface area contributed by atoms with Crippen molar-refractivity contribution in [3.8, 4) is 0 Å². The maximum absolute atomic E-state index is 11.8. The van der Waals surface area contributed by atoms with Crippen molar-refractivity contribution in [1.29, 1.82) is 0 Å². The van der Waals surface area contributed by atoms with E-state index in [0.717, 1.165) is 5.46 Å². The van der Waals surface area contributed by atoms with Gasteiger partial charge in [0.2, 0.25) is 0 Å². The lowest BCUT2D eigenvalue weighted by Crippen LogP contribution is -2.42. The van der Waals surface area contributed by atoms with E-state index in [-0.39, 0.29) is 23.7 Å². The van der Waals surface area contributed by atoms with Gasteiger partial charge in [0.1, 0.15) is 12.4 Å². The van der Waals surface area contributed by atoms with Crippen molar-refractivity contribution in [2.24, 2.45) is 0 Å². The van der Waals surface area contributed by atoms with E-state index in [4.69, 9.17) is 14.0 Å². The molecule has 0 bridgehead atoms. The summed E-state index contributed by atoms with van der Waals surface area (Å²) in [5.41, 5.74) is 0.0932. The van der Waals surface area contributed by atoms with Crippen molar-refractivity contribution in [1.82, 2.24) is 4.98 Å². The first kappa shape index (κ1) is 15.5. The minimum atomic E-state index is -0.438. The van der Waals surface area contributed by atoms with Crippen LogP contribution in [0.1, 0.15) is 27.7 Å². The normalized spacial score (nSPS) is 23.9. The number of rotatable bonds is 2. The molecule has 3 rings (SSSR count). The third kappa shape index (κ3) is 2.64. The first-order valence-electron chi connectivity index (χ1n) is 7.50. The zero-order valence-electron chi connectivity index (χ0n) is 13.5. The van der Waals surface area contributed by atoms with Crippen LogP contribution in [0.5, 0.6) is 0 Å². The summed E-state index contributed by atoms with van der Waals surface area (Å²) in [6.45, 7) is 9.24. The second-order valence-corrected chi connectivity index (χ2v) is 6.64. The molecule has 118 valence electrons. The predicted molar refractivity (Wildman–Crippen MR) is 83.1 cm³/mol. The highest BCUT2D eigenvalue weighted by Crippen LogP contribution is 2.36. The molecule has 22 heavy (non-hydrogen) atoms. The number of morpholine rings is 1. The summed E-state index contributed by atoms with van der Waals surface area (Å²) in [6, 6.07) is 3.72. The zero-order valence-corrected chi connectivity index (χ0v) is 13.5. The molecule has 0 radical (unpaired) electrons. The van der Waals surface area contributed by atoms with Crippen LogP contribution < -0.4 is 10.4 Å². The number of pyridine rings is 1. The van der Waals surface area contributed by atoms with Crippen molar-refractivity contribution in [3.63, 3.8) is 0 Å². The minimum absolute atomic E-state index is 0.0675. The molecule has 2 aliphatic heterocycles. The van der Waals surface area contributed by atoms with E-state index in [1.807, 2.05) is 39.8 Å². The molecule has 2 fully saturated rings. The van der Waals surface area contributed by atoms with Gasteiger partial charge in [-0.3, -0.25) is 9.69 Å². The Morgan fingerprint density at radius 2 is 1.86 bits per heavy atom. The van der Waals surface area contributed by atoms with Crippen molar-refractivity contribution in [3.05, 3.63) is 18.3 Å². The number of anilines is 1. The Balaban J connectivity index is 1.76. The lowest BCUT2D eigenvalue weighted by Gasteiger charge is -2.32. The molecular weight excluding hydrogens is 283 g/mol. The first-order chi connectivity index (χ1) is 10.3. The molecule has 0 N–H and O–H groups in total. The lowest BCUT2D eigenvalue weighted by molar-refractivity contribution is -0.125. The Labute approximate surface area is 130 Å². The molecule has 3 heterocycles. The molecule has 0 unspecified atom stereocenters. The fourth-order valence-electron chi connectivity index (χ4n) is 2.44. The Hall–Kier alpha value is -1.44. The Bertz CT molecular complexity index is 557. The molecule has 0 atom stereocenters. The van der Waals surface area contributed by atoms with E-state index in [9.17, 15) is 4.79 Å². The number of carbonyl (C=O) groups excluding carboxylic acids is 1. The van der Waals surface area contributed by atoms with Crippen molar-refractivity contribution < 1.29 is 18.8 Å². The SMILES string of the molecule is CC1(C)OB(c2ccc(N3CCOCC3=O)nc2)OC1(C)C. The van der Waals surface area contributed by atoms with E-state index < -0.39 is 7.12 Å². The van der Waals surface area contributed by atoms with Crippen molar-refractivity contribution >= 4 is 24.3 Å². The van der Waals surface area contributed by atoms with Gasteiger partial charge in [-0.15, -0.1) is 0 Å². The minimum Gasteiger partial charge on any atom is -0.399 e. The highest BCUT2D eigenvalue weighted by atomic mass is 16.7. The van der Waals surface area contributed by atoms with Gasteiger partial charge < -0.3 is 14.0 Å². The largest absolute Gasteiger partial charge is 0.496 e. The molecule has 2 saturated heterocycles. The quantitative estimate of drug-likeness (QED) is 0.754. The van der Waals surface area contributed by atoms with E-state index in [2.05, 4.69) is 4.98 Å². The summed E-state index contributed by atoms with van der Waals surface area (Å²) in [5, 5.41) is 0. The van der Waals surface area contributed by atoms with Crippen LogP contribution in [0.3, 0.4) is 0 Å². The monoisotopic (exact) mass is 304 g/mol. The number of ether oxygens (including phenoxy) is 1. The Kier molecular flexibility index (Phi) is 3.75. The van der Waals surface area contributed by atoms with Gasteiger partial charge in [0.25, 0.3) is 5.91 Å². The van der Waals surface area contributed by atoms with Crippen LogP contribution in [0.4, 0.5) is 5.82 Å². The number of hydrogen-bond acceptors (Lipinski definition) is 5. The third-order valence-corrected chi connectivity index (χ3v) is 4.56. The van der Waals surface area contributed by atoms with Crippen LogP contribution in [0.15, 0.2) is 18.3 Å². The van der Waals surface area contributed by atoms with Gasteiger partial charge in [0.05, 0.1) is 24.4 Å². The molecule has 0 saturated carbocycles. The molecule has 2 aliphatic rings. The van der Waals surface area contributed by atoms with E-state index in [1.165, 1.54) is 0 Å². The maximum Gasteiger partial charge on any atom is 0.496 e. The van der Waals surface area contributed by atoms with Crippen molar-refractivity contribution in [2.45, 2.75) is 38.9 Å². The molecule has 1 aromatic rings. The van der Waals surface area contributed by atoms with E-state index in [1.54, 1.807) is 11.1 Å². The third-order valence-electron chi connectivity index (χ3n) is 4.56. The van der Waals surface area contributed by atoms with Gasteiger partial charge in [-0.2, -0.15) is 0 Å². The number of hydrogen-bond donors (Lipinski definition) is 0. The molecular formula is C15H21BN2O4. The molecule has 1 amide bonds. The van der Waals surface area contributed by atoms with Crippen LogP contribution in [-0.4, -0.2) is 49.0 Å². The summed E-state index contributed by atoms with van der Waals surface area (Å²) in [6.07, 6.45) is 1.71. The number of aromatic nitrogens is 1. The highest BCUT2D eigenvalue weighted by molar-refractivity contribution is 6.62. The van der Waals surface area contributed by atoms with Gasteiger partial charge in [-0.1, -0.05) is 6.07 Å². The van der Waals surface area contributed by atoms with E-state index in [0.29, 0.717) is 19.0 Å². The smallest absolute Gasteiger partial charge is 0.399 e. The first-order valence-corrected chi connectivity index (χ1v) is 7.50. The average Bonchev–Trinajstić information content (AvgIpc) is 2.68. The lowest BCUT2D eigenvalue weighted by atomic mass is 9.80. The summed E-state index contributed by atoms with van der Waals surface area (Å²) in [7, 11) is -0.438. The molecule has 6 nitrogen and oxygen atoms in total. The molecule has 7 heteroatoms. The predicted octanol–water partition coefficient (Wildman–Crippen LogP) is 0.744. The Morgan fingerprint density at radius 1 is 1.18 bits per heavy atom. The second kappa shape index (κ2) is 5.33.